The molecule has 0 unspecified atom stereocenters. The molecule has 0 aliphatic rings. The molecule has 0 heterocycles. The zero-order valence-electron chi connectivity index (χ0n) is 13.2. The van der Waals surface area contributed by atoms with E-state index < -0.39 is 0 Å². The lowest BCUT2D eigenvalue weighted by Crippen LogP contribution is -2.25. The molecule has 0 aliphatic carbocycles. The van der Waals surface area contributed by atoms with Crippen LogP contribution in [-0.4, -0.2) is 17.6 Å². The number of hydrogen-bond donors (Lipinski definition) is 0. The van der Waals surface area contributed by atoms with Crippen LogP contribution < -0.4 is 0 Å². The Kier molecular flexibility index (Phi) is 5.73. The van der Waals surface area contributed by atoms with Gasteiger partial charge in [0, 0.05) is 5.56 Å². The Morgan fingerprint density at radius 3 is 2.09 bits per heavy atom. The van der Waals surface area contributed by atoms with Crippen molar-refractivity contribution in [3.05, 3.63) is 77.0 Å². The van der Waals surface area contributed by atoms with Crippen molar-refractivity contribution in [1.29, 1.82) is 0 Å². The van der Waals surface area contributed by atoms with Crippen molar-refractivity contribution >= 4 is 6.21 Å². The quantitative estimate of drug-likeness (QED) is 0.335. The summed E-state index contributed by atoms with van der Waals surface area (Å²) in [5, 5.41) is 12.1. The predicted octanol–water partition coefficient (Wildman–Crippen LogP) is 4.01. The Hall–Kier alpha value is -2.13. The second-order valence-electron chi connectivity index (χ2n) is 6.16. The predicted molar refractivity (Wildman–Crippen MR) is 89.7 cm³/mol. The van der Waals surface area contributed by atoms with Gasteiger partial charge in [0.15, 0.2) is 12.8 Å². The molecule has 116 valence electrons. The standard InChI is InChI=1S/C19H23NO2/c1-19(2,16-22-14-18-11-7-4-8-12-18)15-20(21)13-17-9-5-3-6-10-17/h3-12,15H,13-14,16H2,1-2H3/b20-15+. The first-order valence-electron chi connectivity index (χ1n) is 7.51. The maximum absolute atomic E-state index is 12.1. The molecule has 0 atom stereocenters. The second kappa shape index (κ2) is 7.76. The minimum Gasteiger partial charge on any atom is -0.624 e. The summed E-state index contributed by atoms with van der Waals surface area (Å²) in [5.74, 6) is 0. The van der Waals surface area contributed by atoms with E-state index in [1.54, 1.807) is 6.21 Å². The molecule has 0 saturated heterocycles. The Balaban J connectivity index is 1.85. The fourth-order valence-corrected chi connectivity index (χ4v) is 2.24. The van der Waals surface area contributed by atoms with Crippen molar-refractivity contribution in [2.45, 2.75) is 27.0 Å². The van der Waals surface area contributed by atoms with E-state index in [1.165, 1.54) is 0 Å². The van der Waals surface area contributed by atoms with E-state index in [2.05, 4.69) is 0 Å². The van der Waals surface area contributed by atoms with Gasteiger partial charge in [-0.05, 0) is 19.4 Å². The Labute approximate surface area is 132 Å². The molecule has 2 aromatic carbocycles. The number of benzene rings is 2. The highest BCUT2D eigenvalue weighted by Gasteiger charge is 2.20. The third kappa shape index (κ3) is 5.70. The summed E-state index contributed by atoms with van der Waals surface area (Å²) in [6.45, 7) is 5.45. The minimum atomic E-state index is -0.300. The average Bonchev–Trinajstić information content (AvgIpc) is 2.48. The van der Waals surface area contributed by atoms with Gasteiger partial charge in [0.25, 0.3) is 0 Å². The minimum absolute atomic E-state index is 0.300. The molecule has 0 radical (unpaired) electrons. The zero-order valence-corrected chi connectivity index (χ0v) is 13.2. The number of ether oxygens (including phenoxy) is 1. The summed E-state index contributed by atoms with van der Waals surface area (Å²) in [6.07, 6.45) is 1.70. The third-order valence-electron chi connectivity index (χ3n) is 3.26. The lowest BCUT2D eigenvalue weighted by Gasteiger charge is -2.19. The van der Waals surface area contributed by atoms with Crippen LogP contribution in [0.4, 0.5) is 0 Å². The number of rotatable bonds is 7. The first-order chi connectivity index (χ1) is 10.6. The van der Waals surface area contributed by atoms with Crippen LogP contribution in [-0.2, 0) is 17.9 Å². The van der Waals surface area contributed by atoms with Crippen LogP contribution >= 0.6 is 0 Å². The van der Waals surface area contributed by atoms with Crippen LogP contribution in [0.1, 0.15) is 25.0 Å². The fourth-order valence-electron chi connectivity index (χ4n) is 2.24. The molecule has 22 heavy (non-hydrogen) atoms. The van der Waals surface area contributed by atoms with Crippen LogP contribution in [0.2, 0.25) is 0 Å². The summed E-state index contributed by atoms with van der Waals surface area (Å²) >= 11 is 0. The van der Waals surface area contributed by atoms with Gasteiger partial charge < -0.3 is 9.94 Å². The largest absolute Gasteiger partial charge is 0.624 e. The van der Waals surface area contributed by atoms with E-state index in [9.17, 15) is 5.21 Å². The van der Waals surface area contributed by atoms with Crippen molar-refractivity contribution in [1.82, 2.24) is 0 Å². The number of hydrogen-bond acceptors (Lipinski definition) is 2. The highest BCUT2D eigenvalue weighted by molar-refractivity contribution is 5.59. The van der Waals surface area contributed by atoms with Crippen LogP contribution in [0.25, 0.3) is 0 Å². The molecule has 2 aromatic rings. The van der Waals surface area contributed by atoms with Gasteiger partial charge in [0.05, 0.1) is 18.6 Å². The highest BCUT2D eigenvalue weighted by atomic mass is 16.5. The first kappa shape index (κ1) is 16.2. The van der Waals surface area contributed by atoms with Gasteiger partial charge in [0.2, 0.25) is 0 Å². The monoisotopic (exact) mass is 297 g/mol. The molecule has 3 nitrogen and oxygen atoms in total. The molecule has 0 amide bonds. The van der Waals surface area contributed by atoms with Crippen molar-refractivity contribution in [3.63, 3.8) is 0 Å². The average molecular weight is 297 g/mol. The molecule has 0 bridgehead atoms. The molecule has 0 aromatic heterocycles. The van der Waals surface area contributed by atoms with E-state index in [0.29, 0.717) is 19.8 Å². The first-order valence-corrected chi connectivity index (χ1v) is 7.51. The molecule has 2 rings (SSSR count). The van der Waals surface area contributed by atoms with Crippen molar-refractivity contribution in [2.24, 2.45) is 5.41 Å². The van der Waals surface area contributed by atoms with Gasteiger partial charge in [-0.25, -0.2) is 4.74 Å². The van der Waals surface area contributed by atoms with Gasteiger partial charge in [-0.1, -0.05) is 60.7 Å². The summed E-state index contributed by atoms with van der Waals surface area (Å²) in [6, 6.07) is 19.8. The van der Waals surface area contributed by atoms with Crippen LogP contribution in [0, 0.1) is 10.6 Å². The lowest BCUT2D eigenvalue weighted by atomic mass is 9.97. The van der Waals surface area contributed by atoms with Gasteiger partial charge in [-0.3, -0.25) is 0 Å². The third-order valence-corrected chi connectivity index (χ3v) is 3.26. The van der Waals surface area contributed by atoms with Crippen LogP contribution in [0.15, 0.2) is 60.7 Å². The lowest BCUT2D eigenvalue weighted by molar-refractivity contribution is -0.473. The highest BCUT2D eigenvalue weighted by Crippen LogP contribution is 2.14. The molecule has 3 heteroatoms. The van der Waals surface area contributed by atoms with Gasteiger partial charge in [-0.2, -0.15) is 0 Å². The van der Waals surface area contributed by atoms with Crippen molar-refractivity contribution in [2.75, 3.05) is 6.61 Å². The van der Waals surface area contributed by atoms with E-state index in [-0.39, 0.29) is 5.41 Å². The van der Waals surface area contributed by atoms with Gasteiger partial charge in [0.1, 0.15) is 0 Å². The van der Waals surface area contributed by atoms with E-state index >= 15 is 0 Å². The zero-order chi connectivity index (χ0) is 15.8. The molecule has 0 saturated carbocycles. The van der Waals surface area contributed by atoms with Gasteiger partial charge >= 0.3 is 0 Å². The smallest absolute Gasteiger partial charge is 0.178 e. The van der Waals surface area contributed by atoms with E-state index in [0.717, 1.165) is 15.9 Å². The second-order valence-corrected chi connectivity index (χ2v) is 6.16. The maximum atomic E-state index is 12.1. The number of nitrogens with zero attached hydrogens (tertiary/aromatic N) is 1. The Bertz CT molecular complexity index is 591. The summed E-state index contributed by atoms with van der Waals surface area (Å²) in [5.41, 5.74) is 1.85. The summed E-state index contributed by atoms with van der Waals surface area (Å²) in [7, 11) is 0. The summed E-state index contributed by atoms with van der Waals surface area (Å²) in [4.78, 5) is 0. The molecular formula is C19H23NO2. The molecule has 0 N–H and O–H groups in total. The Morgan fingerprint density at radius 1 is 0.955 bits per heavy atom. The fraction of sp³-hybridized carbons (Fsp3) is 0.316. The molecule has 0 aliphatic heterocycles. The normalized spacial score (nSPS) is 12.4. The van der Waals surface area contributed by atoms with Gasteiger partial charge in [-0.15, -0.1) is 0 Å². The maximum Gasteiger partial charge on any atom is 0.178 e. The van der Waals surface area contributed by atoms with Crippen molar-refractivity contribution < 1.29 is 9.48 Å². The molecular weight excluding hydrogens is 274 g/mol. The molecule has 0 spiro atoms. The topological polar surface area (TPSA) is 35.3 Å². The Morgan fingerprint density at radius 2 is 1.50 bits per heavy atom. The SMILES string of the molecule is CC(C)(/C=[N+](/[O-])Cc1ccccc1)COCc1ccccc1. The van der Waals surface area contributed by atoms with E-state index in [4.69, 9.17) is 4.74 Å². The van der Waals surface area contributed by atoms with Crippen molar-refractivity contribution in [3.8, 4) is 0 Å². The summed E-state index contributed by atoms with van der Waals surface area (Å²) < 4.78 is 6.73. The molecule has 0 fully saturated rings. The number of hydroxylamine groups is 1. The van der Waals surface area contributed by atoms with E-state index in [1.807, 2.05) is 74.5 Å². The van der Waals surface area contributed by atoms with Crippen LogP contribution in [0.5, 0.6) is 0 Å². The van der Waals surface area contributed by atoms with Crippen LogP contribution in [0.3, 0.4) is 0 Å².